The molecule has 174 valence electrons. The molecule has 1 aliphatic carbocycles. The number of carbonyl (C=O) groups is 3. The van der Waals surface area contributed by atoms with Gasteiger partial charge in [0.25, 0.3) is 0 Å². The van der Waals surface area contributed by atoms with Gasteiger partial charge in [0.15, 0.2) is 0 Å². The molecule has 0 aromatic carbocycles. The standard InChI is InChI=1S/C20H27F3N2O5S/c1-4-6-11-14(26)24-19(20(21,22)23,18(28)30-5-2)25-16-15(17(27)29-3)12-9-7-8-10-13(12)31-16/h25H,4-11H2,1-3H3,(H,24,26)/t19-/m0/s1. The zero-order chi connectivity index (χ0) is 23.2. The van der Waals surface area contributed by atoms with E-state index in [1.807, 2.05) is 5.32 Å². The molecular formula is C20H27F3N2O5S. The fraction of sp³-hybridized carbons (Fsp3) is 0.650. The number of carbonyl (C=O) groups excluding carboxylic acids is 3. The van der Waals surface area contributed by atoms with Crippen molar-refractivity contribution in [3.63, 3.8) is 0 Å². The number of ether oxygens (including phenoxy) is 2. The Morgan fingerprint density at radius 3 is 2.39 bits per heavy atom. The van der Waals surface area contributed by atoms with Crippen molar-refractivity contribution in [2.45, 2.75) is 70.6 Å². The predicted molar refractivity (Wildman–Crippen MR) is 109 cm³/mol. The van der Waals surface area contributed by atoms with E-state index < -0.39 is 29.7 Å². The lowest BCUT2D eigenvalue weighted by Gasteiger charge is -2.35. The summed E-state index contributed by atoms with van der Waals surface area (Å²) in [5, 5.41) is 3.78. The van der Waals surface area contributed by atoms with Gasteiger partial charge in [0.05, 0.1) is 19.3 Å². The van der Waals surface area contributed by atoms with Crippen molar-refractivity contribution < 1.29 is 37.0 Å². The van der Waals surface area contributed by atoms with Crippen LogP contribution < -0.4 is 10.6 Å². The van der Waals surface area contributed by atoms with E-state index in [4.69, 9.17) is 9.47 Å². The number of thiophene rings is 1. The number of hydrogen-bond acceptors (Lipinski definition) is 7. The first-order valence-electron chi connectivity index (χ1n) is 10.2. The first-order chi connectivity index (χ1) is 14.6. The molecule has 0 fully saturated rings. The fourth-order valence-corrected chi connectivity index (χ4v) is 4.71. The van der Waals surface area contributed by atoms with Crippen LogP contribution in [0.3, 0.4) is 0 Å². The van der Waals surface area contributed by atoms with Crippen molar-refractivity contribution >= 4 is 34.2 Å². The first-order valence-corrected chi connectivity index (χ1v) is 11.0. The van der Waals surface area contributed by atoms with Crippen LogP contribution in [0, 0.1) is 0 Å². The molecule has 31 heavy (non-hydrogen) atoms. The number of amides is 1. The number of fused-ring (bicyclic) bond motifs is 1. The maximum Gasteiger partial charge on any atom is 0.441 e. The summed E-state index contributed by atoms with van der Waals surface area (Å²) in [6.45, 7) is 2.82. The number of esters is 2. The second kappa shape index (κ2) is 10.3. The van der Waals surface area contributed by atoms with Crippen LogP contribution in [-0.4, -0.2) is 43.4 Å². The summed E-state index contributed by atoms with van der Waals surface area (Å²) in [5.41, 5.74) is -2.96. The van der Waals surface area contributed by atoms with Gasteiger partial charge in [0.1, 0.15) is 5.00 Å². The Balaban J connectivity index is 2.59. The second-order valence-corrected chi connectivity index (χ2v) is 8.26. The number of anilines is 1. The Morgan fingerprint density at radius 2 is 1.81 bits per heavy atom. The summed E-state index contributed by atoms with van der Waals surface area (Å²) in [6.07, 6.45) is -1.77. The third-order valence-corrected chi connectivity index (χ3v) is 6.16. The Kier molecular flexibility index (Phi) is 8.33. The molecule has 2 N–H and O–H groups in total. The van der Waals surface area contributed by atoms with Crippen LogP contribution in [-0.2, 0) is 31.9 Å². The Labute approximate surface area is 182 Å². The highest BCUT2D eigenvalue weighted by atomic mass is 32.1. The molecule has 0 radical (unpaired) electrons. The summed E-state index contributed by atoms with van der Waals surface area (Å²) in [7, 11) is 1.13. The second-order valence-electron chi connectivity index (χ2n) is 7.15. The summed E-state index contributed by atoms with van der Waals surface area (Å²) >= 11 is 0.958. The molecule has 0 aliphatic heterocycles. The molecule has 1 aliphatic rings. The van der Waals surface area contributed by atoms with Crippen LogP contribution in [0.5, 0.6) is 0 Å². The molecule has 11 heteroatoms. The van der Waals surface area contributed by atoms with E-state index in [0.717, 1.165) is 36.2 Å². The Morgan fingerprint density at radius 1 is 1.13 bits per heavy atom. The van der Waals surface area contributed by atoms with Crippen molar-refractivity contribution in [3.8, 4) is 0 Å². The van der Waals surface area contributed by atoms with Crippen LogP contribution in [0.2, 0.25) is 0 Å². The van der Waals surface area contributed by atoms with E-state index >= 15 is 0 Å². The van der Waals surface area contributed by atoms with E-state index in [9.17, 15) is 27.6 Å². The number of alkyl halides is 3. The zero-order valence-corrected chi connectivity index (χ0v) is 18.6. The van der Waals surface area contributed by atoms with Crippen molar-refractivity contribution in [1.82, 2.24) is 5.32 Å². The number of methoxy groups -OCH3 is 1. The molecule has 0 saturated heterocycles. The minimum atomic E-state index is -5.25. The van der Waals surface area contributed by atoms with Gasteiger partial charge in [-0.3, -0.25) is 4.79 Å². The lowest BCUT2D eigenvalue weighted by molar-refractivity contribution is -0.207. The normalized spacial score (nSPS) is 15.4. The molecule has 2 rings (SSSR count). The molecule has 1 aromatic heterocycles. The highest BCUT2D eigenvalue weighted by Gasteiger charge is 2.64. The Bertz CT molecular complexity index is 824. The van der Waals surface area contributed by atoms with E-state index in [1.54, 1.807) is 6.92 Å². The number of aryl methyl sites for hydroxylation is 1. The quantitative estimate of drug-likeness (QED) is 0.425. The molecule has 0 spiro atoms. The highest BCUT2D eigenvalue weighted by Crippen LogP contribution is 2.42. The third-order valence-electron chi connectivity index (χ3n) is 4.95. The molecule has 1 heterocycles. The van der Waals surface area contributed by atoms with Crippen LogP contribution in [0.25, 0.3) is 0 Å². The average Bonchev–Trinajstić information content (AvgIpc) is 3.08. The van der Waals surface area contributed by atoms with Crippen LogP contribution in [0.4, 0.5) is 18.2 Å². The Hall–Kier alpha value is -2.30. The minimum absolute atomic E-state index is 0.0390. The summed E-state index contributed by atoms with van der Waals surface area (Å²) in [5.74, 6) is -3.46. The molecule has 1 atom stereocenters. The number of nitrogens with one attached hydrogen (secondary N) is 2. The summed E-state index contributed by atoms with van der Waals surface area (Å²) in [6, 6.07) is 0. The largest absolute Gasteiger partial charge is 0.465 e. The van der Waals surface area contributed by atoms with Gasteiger partial charge in [0.2, 0.25) is 5.91 Å². The van der Waals surface area contributed by atoms with Gasteiger partial charge in [-0.15, -0.1) is 11.3 Å². The SMILES string of the molecule is CCCCC(=O)N[C@](Nc1sc2c(c1C(=O)OC)CCCC2)(C(=O)OCC)C(F)(F)F. The maximum absolute atomic E-state index is 14.3. The first kappa shape index (κ1) is 25.0. The maximum atomic E-state index is 14.3. The van der Waals surface area contributed by atoms with Crippen molar-refractivity contribution in [2.75, 3.05) is 19.0 Å². The zero-order valence-electron chi connectivity index (χ0n) is 17.7. The lowest BCUT2D eigenvalue weighted by atomic mass is 9.95. The van der Waals surface area contributed by atoms with E-state index in [0.29, 0.717) is 31.2 Å². The number of hydrogen-bond donors (Lipinski definition) is 2. The average molecular weight is 465 g/mol. The molecular weight excluding hydrogens is 437 g/mol. The van der Waals surface area contributed by atoms with E-state index in [-0.39, 0.29) is 23.6 Å². The van der Waals surface area contributed by atoms with Gasteiger partial charge in [-0.05, 0) is 44.6 Å². The topological polar surface area (TPSA) is 93.7 Å². The number of unbranched alkanes of at least 4 members (excludes halogenated alkanes) is 1. The van der Waals surface area contributed by atoms with Gasteiger partial charge < -0.3 is 20.1 Å². The molecule has 1 amide bonds. The third kappa shape index (κ3) is 5.31. The number of rotatable bonds is 9. The highest BCUT2D eigenvalue weighted by molar-refractivity contribution is 7.16. The van der Waals surface area contributed by atoms with Gasteiger partial charge in [-0.2, -0.15) is 13.2 Å². The summed E-state index contributed by atoms with van der Waals surface area (Å²) < 4.78 is 52.5. The smallest absolute Gasteiger partial charge is 0.441 e. The van der Waals surface area contributed by atoms with Crippen molar-refractivity contribution in [2.24, 2.45) is 0 Å². The van der Waals surface area contributed by atoms with E-state index in [2.05, 4.69) is 5.32 Å². The minimum Gasteiger partial charge on any atom is -0.465 e. The molecule has 0 bridgehead atoms. The molecule has 7 nitrogen and oxygen atoms in total. The van der Waals surface area contributed by atoms with Gasteiger partial charge in [0, 0.05) is 11.3 Å². The summed E-state index contributed by atoms with van der Waals surface area (Å²) in [4.78, 5) is 38.1. The van der Waals surface area contributed by atoms with Gasteiger partial charge >= 0.3 is 23.8 Å². The fourth-order valence-electron chi connectivity index (χ4n) is 3.38. The van der Waals surface area contributed by atoms with Crippen molar-refractivity contribution in [1.29, 1.82) is 0 Å². The number of halogens is 3. The lowest BCUT2D eigenvalue weighted by Crippen LogP contribution is -2.69. The molecule has 0 saturated carbocycles. The molecule has 0 unspecified atom stereocenters. The van der Waals surface area contributed by atoms with Crippen LogP contribution in [0.1, 0.15) is 66.8 Å². The van der Waals surface area contributed by atoms with Crippen LogP contribution >= 0.6 is 11.3 Å². The van der Waals surface area contributed by atoms with E-state index in [1.165, 1.54) is 6.92 Å². The predicted octanol–water partition coefficient (Wildman–Crippen LogP) is 3.95. The molecule has 1 aromatic rings. The van der Waals surface area contributed by atoms with Crippen molar-refractivity contribution in [3.05, 3.63) is 16.0 Å². The van der Waals surface area contributed by atoms with Gasteiger partial charge in [-0.1, -0.05) is 13.3 Å². The monoisotopic (exact) mass is 464 g/mol. The van der Waals surface area contributed by atoms with Crippen LogP contribution in [0.15, 0.2) is 0 Å². The van der Waals surface area contributed by atoms with Gasteiger partial charge in [-0.25, -0.2) is 9.59 Å².